The molecule has 1 aliphatic carbocycles. The van der Waals surface area contributed by atoms with Gasteiger partial charge in [-0.2, -0.15) is 0 Å². The van der Waals surface area contributed by atoms with Crippen LogP contribution >= 0.6 is 11.6 Å². The van der Waals surface area contributed by atoms with E-state index in [0.29, 0.717) is 37.6 Å². The summed E-state index contributed by atoms with van der Waals surface area (Å²) in [6, 6.07) is 7.42. The van der Waals surface area contributed by atoms with Crippen LogP contribution < -0.4 is 4.90 Å². The number of amides is 1. The number of carbonyl (C=O) groups excluding carboxylic acids is 2. The summed E-state index contributed by atoms with van der Waals surface area (Å²) >= 11 is 6.44. The standard InChI is InChI=1S/C19H25ClN2O3/c1-21(18(24)14-22-10-12-25-13-11-22)19(9-5-4-8-17(19)23)15-6-2-3-7-16(15)20/h2-3,6-7H,4-5,8-14H2,1H3/p+1/t19-/m1/s1. The molecule has 1 saturated heterocycles. The molecule has 1 atom stereocenters. The van der Waals surface area contributed by atoms with E-state index in [1.165, 1.54) is 4.90 Å². The Balaban J connectivity index is 1.90. The Bertz CT molecular complexity index is 645. The molecular weight excluding hydrogens is 340 g/mol. The van der Waals surface area contributed by atoms with Crippen molar-refractivity contribution >= 4 is 23.3 Å². The van der Waals surface area contributed by atoms with Gasteiger partial charge < -0.3 is 14.5 Å². The summed E-state index contributed by atoms with van der Waals surface area (Å²) in [5.74, 6) is 0.0896. The lowest BCUT2D eigenvalue weighted by Gasteiger charge is -2.44. The zero-order chi connectivity index (χ0) is 17.9. The smallest absolute Gasteiger partial charge is 0.278 e. The molecule has 2 aliphatic rings. The van der Waals surface area contributed by atoms with Gasteiger partial charge in [-0.25, -0.2) is 0 Å². The summed E-state index contributed by atoms with van der Waals surface area (Å²) in [6.07, 6.45) is 2.92. The number of nitrogens with zero attached hydrogens (tertiary/aromatic N) is 1. The molecule has 0 radical (unpaired) electrons. The number of ketones is 1. The molecule has 3 rings (SSSR count). The van der Waals surface area contributed by atoms with Gasteiger partial charge in [-0.3, -0.25) is 9.59 Å². The van der Waals surface area contributed by atoms with E-state index in [1.54, 1.807) is 18.0 Å². The van der Waals surface area contributed by atoms with Crippen LogP contribution in [0.2, 0.25) is 5.02 Å². The molecule has 1 aromatic carbocycles. The van der Waals surface area contributed by atoms with Crippen LogP contribution in [0.15, 0.2) is 24.3 Å². The van der Waals surface area contributed by atoms with Crippen molar-refractivity contribution in [1.82, 2.24) is 4.90 Å². The molecule has 5 nitrogen and oxygen atoms in total. The predicted molar refractivity (Wildman–Crippen MR) is 95.8 cm³/mol. The van der Waals surface area contributed by atoms with E-state index in [-0.39, 0.29) is 11.7 Å². The Labute approximate surface area is 153 Å². The van der Waals surface area contributed by atoms with Crippen LogP contribution in [0.25, 0.3) is 0 Å². The predicted octanol–water partition coefficient (Wildman–Crippen LogP) is 1.05. The summed E-state index contributed by atoms with van der Waals surface area (Å²) in [7, 11) is 1.76. The number of ether oxygens (including phenoxy) is 1. The van der Waals surface area contributed by atoms with Crippen molar-refractivity contribution in [3.8, 4) is 0 Å². The van der Waals surface area contributed by atoms with E-state index < -0.39 is 5.54 Å². The summed E-state index contributed by atoms with van der Waals surface area (Å²) < 4.78 is 5.36. The number of benzene rings is 1. The summed E-state index contributed by atoms with van der Waals surface area (Å²) in [5.41, 5.74) is -0.173. The molecule has 1 aromatic rings. The van der Waals surface area contributed by atoms with Crippen molar-refractivity contribution in [3.63, 3.8) is 0 Å². The first-order valence-electron chi connectivity index (χ1n) is 9.02. The van der Waals surface area contributed by atoms with Crippen LogP contribution in [0.1, 0.15) is 31.2 Å². The molecule has 1 aliphatic heterocycles. The molecule has 2 fully saturated rings. The molecule has 1 amide bonds. The second-order valence-corrected chi connectivity index (χ2v) is 7.37. The maximum absolute atomic E-state index is 13.0. The van der Waals surface area contributed by atoms with Crippen LogP contribution in [0.3, 0.4) is 0 Å². The van der Waals surface area contributed by atoms with Gasteiger partial charge in [-0.05, 0) is 25.3 Å². The maximum Gasteiger partial charge on any atom is 0.278 e. The molecule has 1 saturated carbocycles. The molecule has 6 heteroatoms. The van der Waals surface area contributed by atoms with Gasteiger partial charge in [-0.15, -0.1) is 0 Å². The molecule has 0 bridgehead atoms. The van der Waals surface area contributed by atoms with Gasteiger partial charge in [0.25, 0.3) is 5.91 Å². The minimum Gasteiger partial charge on any atom is -0.370 e. The number of morpholine rings is 1. The molecule has 0 spiro atoms. The Kier molecular flexibility index (Phi) is 5.77. The van der Waals surface area contributed by atoms with Gasteiger partial charge in [0.1, 0.15) is 18.6 Å². The number of likely N-dealkylation sites (N-methyl/N-ethyl adjacent to an activating group) is 1. The van der Waals surface area contributed by atoms with Gasteiger partial charge in [0.15, 0.2) is 12.3 Å². The fourth-order valence-electron chi connectivity index (χ4n) is 4.01. The monoisotopic (exact) mass is 365 g/mol. The highest BCUT2D eigenvalue weighted by Crippen LogP contribution is 2.42. The van der Waals surface area contributed by atoms with Crippen LogP contribution in [0, 0.1) is 0 Å². The largest absolute Gasteiger partial charge is 0.370 e. The number of quaternary nitrogens is 1. The third-order valence-electron chi connectivity index (χ3n) is 5.52. The molecule has 1 heterocycles. The topological polar surface area (TPSA) is 51.1 Å². The Hall–Kier alpha value is -1.43. The Morgan fingerprint density at radius 3 is 2.68 bits per heavy atom. The first-order chi connectivity index (χ1) is 12.1. The van der Waals surface area contributed by atoms with Crippen molar-refractivity contribution < 1.29 is 19.2 Å². The zero-order valence-electron chi connectivity index (χ0n) is 14.7. The average Bonchev–Trinajstić information content (AvgIpc) is 2.63. The second kappa shape index (κ2) is 7.85. The molecular formula is C19H26ClN2O3+. The number of rotatable bonds is 4. The number of halogens is 1. The van der Waals surface area contributed by atoms with Crippen molar-refractivity contribution in [2.75, 3.05) is 39.9 Å². The summed E-state index contributed by atoms with van der Waals surface area (Å²) in [5, 5.41) is 0.552. The first-order valence-corrected chi connectivity index (χ1v) is 9.40. The molecule has 0 aromatic heterocycles. The molecule has 0 unspecified atom stereocenters. The van der Waals surface area contributed by atoms with Crippen molar-refractivity contribution in [2.24, 2.45) is 0 Å². The number of hydrogen-bond acceptors (Lipinski definition) is 3. The van der Waals surface area contributed by atoms with Crippen LogP contribution in [0.4, 0.5) is 0 Å². The zero-order valence-corrected chi connectivity index (χ0v) is 15.5. The highest BCUT2D eigenvalue weighted by molar-refractivity contribution is 6.31. The quantitative estimate of drug-likeness (QED) is 0.867. The fraction of sp³-hybridized carbons (Fsp3) is 0.579. The first kappa shape index (κ1) is 18.4. The van der Waals surface area contributed by atoms with E-state index in [2.05, 4.69) is 0 Å². The average molecular weight is 366 g/mol. The lowest BCUT2D eigenvalue weighted by Crippen LogP contribution is -3.15. The molecule has 25 heavy (non-hydrogen) atoms. The van der Waals surface area contributed by atoms with Gasteiger partial charge >= 0.3 is 0 Å². The molecule has 1 N–H and O–H groups in total. The number of carbonyl (C=O) groups is 2. The highest BCUT2D eigenvalue weighted by atomic mass is 35.5. The minimum atomic E-state index is -0.931. The van der Waals surface area contributed by atoms with E-state index in [0.717, 1.165) is 31.5 Å². The highest BCUT2D eigenvalue weighted by Gasteiger charge is 2.48. The second-order valence-electron chi connectivity index (χ2n) is 6.96. The SMILES string of the molecule is CN(C(=O)C[NH+]1CCOCC1)[C@@]1(c2ccccc2Cl)CCCCC1=O. The van der Waals surface area contributed by atoms with E-state index >= 15 is 0 Å². The number of hydrogen-bond donors (Lipinski definition) is 1. The summed E-state index contributed by atoms with van der Waals surface area (Å²) in [4.78, 5) is 28.9. The van der Waals surface area contributed by atoms with Gasteiger partial charge in [0, 0.05) is 24.1 Å². The van der Waals surface area contributed by atoms with Crippen LogP contribution in [-0.4, -0.2) is 56.5 Å². The fourth-order valence-corrected chi connectivity index (χ4v) is 4.30. The van der Waals surface area contributed by atoms with Crippen LogP contribution in [0.5, 0.6) is 0 Å². The Morgan fingerprint density at radius 1 is 1.28 bits per heavy atom. The number of Topliss-reactive ketones (excluding diaryl/α,β-unsaturated/α-hetero) is 1. The third-order valence-corrected chi connectivity index (χ3v) is 5.85. The lowest BCUT2D eigenvalue weighted by molar-refractivity contribution is -0.900. The van der Waals surface area contributed by atoms with Crippen molar-refractivity contribution in [2.45, 2.75) is 31.2 Å². The van der Waals surface area contributed by atoms with Crippen LogP contribution in [-0.2, 0) is 19.9 Å². The minimum absolute atomic E-state index is 0.00734. The lowest BCUT2D eigenvalue weighted by atomic mass is 9.74. The normalized spacial score (nSPS) is 25.0. The maximum atomic E-state index is 13.0. The number of nitrogens with one attached hydrogen (secondary N) is 1. The molecule has 136 valence electrons. The van der Waals surface area contributed by atoms with Crippen molar-refractivity contribution in [1.29, 1.82) is 0 Å². The van der Waals surface area contributed by atoms with Gasteiger partial charge in [0.2, 0.25) is 0 Å². The third kappa shape index (κ3) is 3.59. The summed E-state index contributed by atoms with van der Waals surface area (Å²) in [6.45, 7) is 3.40. The van der Waals surface area contributed by atoms with E-state index in [4.69, 9.17) is 16.3 Å². The van der Waals surface area contributed by atoms with E-state index in [1.807, 2.05) is 18.2 Å². The van der Waals surface area contributed by atoms with Crippen molar-refractivity contribution in [3.05, 3.63) is 34.9 Å². The van der Waals surface area contributed by atoms with Gasteiger partial charge in [-0.1, -0.05) is 29.8 Å². The van der Waals surface area contributed by atoms with Gasteiger partial charge in [0.05, 0.1) is 13.2 Å². The Morgan fingerprint density at radius 2 is 2.00 bits per heavy atom. The van der Waals surface area contributed by atoms with E-state index in [9.17, 15) is 9.59 Å².